The fraction of sp³-hybridized carbons (Fsp3) is 0.500. The first-order valence-electron chi connectivity index (χ1n) is 11.6. The molecular formula is C26H37N3O8. The number of ether oxygens (including phenoxy) is 3. The molecule has 0 aromatic heterocycles. The number of hydrogen-bond acceptors (Lipinski definition) is 9. The molecule has 2 N–H and O–H groups in total. The largest absolute Gasteiger partial charge is 0.493 e. The van der Waals surface area contributed by atoms with Gasteiger partial charge < -0.3 is 19.9 Å². The van der Waals surface area contributed by atoms with Crippen molar-refractivity contribution in [3.63, 3.8) is 0 Å². The highest BCUT2D eigenvalue weighted by Gasteiger charge is 2.27. The van der Waals surface area contributed by atoms with Gasteiger partial charge in [0.05, 0.1) is 22.9 Å². The maximum atomic E-state index is 11.9. The highest BCUT2D eigenvalue weighted by atomic mass is 16.6. The van der Waals surface area contributed by atoms with Gasteiger partial charge in [-0.05, 0) is 58.9 Å². The van der Waals surface area contributed by atoms with E-state index in [1.165, 1.54) is 24.3 Å². The minimum atomic E-state index is -0.508. The number of nitrogens with zero attached hydrogens (tertiary/aromatic N) is 2. The lowest BCUT2D eigenvalue weighted by Gasteiger charge is -2.26. The molecule has 0 bridgehead atoms. The first-order chi connectivity index (χ1) is 16.9. The van der Waals surface area contributed by atoms with Crippen LogP contribution in [-0.4, -0.2) is 40.2 Å². The van der Waals surface area contributed by atoms with E-state index >= 15 is 0 Å². The van der Waals surface area contributed by atoms with Crippen molar-refractivity contribution in [1.29, 1.82) is 0 Å². The Labute approximate surface area is 217 Å². The monoisotopic (exact) mass is 519 g/mol. The molecule has 0 spiro atoms. The predicted molar refractivity (Wildman–Crippen MR) is 140 cm³/mol. The van der Waals surface area contributed by atoms with E-state index in [1.807, 2.05) is 48.5 Å². The molecule has 2 aromatic rings. The number of hydrogen-bond donors (Lipinski definition) is 1. The lowest BCUT2D eigenvalue weighted by molar-refractivity contribution is -0.385. The van der Waals surface area contributed by atoms with Crippen molar-refractivity contribution in [2.45, 2.75) is 66.0 Å². The number of benzene rings is 2. The lowest BCUT2D eigenvalue weighted by atomic mass is 9.90. The van der Waals surface area contributed by atoms with Crippen LogP contribution in [0.4, 0.5) is 11.4 Å². The van der Waals surface area contributed by atoms with Crippen LogP contribution in [0.15, 0.2) is 48.5 Å². The van der Waals surface area contributed by atoms with E-state index in [2.05, 4.69) is 0 Å². The quantitative estimate of drug-likeness (QED) is 0.245. The summed E-state index contributed by atoms with van der Waals surface area (Å²) in [7, 11) is 0. The van der Waals surface area contributed by atoms with Crippen molar-refractivity contribution in [3.8, 4) is 11.5 Å². The van der Waals surface area contributed by atoms with Gasteiger partial charge in [-0.15, -0.1) is 0 Å². The molecule has 2 aromatic carbocycles. The van der Waals surface area contributed by atoms with Gasteiger partial charge in [-0.3, -0.25) is 25.0 Å². The molecule has 0 aliphatic carbocycles. The Morgan fingerprint density at radius 2 is 1.14 bits per heavy atom. The molecule has 0 saturated heterocycles. The molecule has 0 unspecified atom stereocenters. The molecule has 0 heterocycles. The number of carbonyl (C=O) groups excluding carboxylic acids is 1. The van der Waals surface area contributed by atoms with E-state index < -0.39 is 26.4 Å². The Bertz CT molecular complexity index is 1040. The molecule has 204 valence electrons. The Balaban J connectivity index is 0.000000397. The van der Waals surface area contributed by atoms with Crippen LogP contribution >= 0.6 is 0 Å². The first kappa shape index (κ1) is 31.3. The number of carbonyl (C=O) groups is 1. The zero-order chi connectivity index (χ0) is 28.4. The van der Waals surface area contributed by atoms with Gasteiger partial charge in [-0.1, -0.05) is 13.8 Å². The van der Waals surface area contributed by atoms with Gasteiger partial charge in [0.1, 0.15) is 23.7 Å². The molecule has 37 heavy (non-hydrogen) atoms. The molecule has 0 fully saturated rings. The number of rotatable bonds is 10. The normalized spacial score (nSPS) is 11.6. The van der Waals surface area contributed by atoms with E-state index in [1.54, 1.807) is 24.3 Å². The zero-order valence-corrected chi connectivity index (χ0v) is 22.5. The summed E-state index contributed by atoms with van der Waals surface area (Å²) in [5.74, 6) is 0.840. The fourth-order valence-corrected chi connectivity index (χ4v) is 2.70. The van der Waals surface area contributed by atoms with Gasteiger partial charge >= 0.3 is 5.97 Å². The maximum absolute atomic E-state index is 11.9. The van der Waals surface area contributed by atoms with Crippen LogP contribution in [0, 0.1) is 25.6 Å². The number of non-ortho nitro benzene ring substituents is 2. The Morgan fingerprint density at radius 3 is 1.46 bits per heavy atom. The van der Waals surface area contributed by atoms with E-state index in [0.29, 0.717) is 24.7 Å². The standard InChI is InChI=1S/C16H23NO5.C10H14N2O3/c1-15(2,3)22-14(18)10-16(4,5)11-21-13-8-6-12(7-9-13)17(19)20;1-10(2,11)7-15-9-5-3-8(4-6-9)12(13)14/h6-9H,10-11H2,1-5H3;3-6H,7,11H2,1-2H3. The molecule has 2 rings (SSSR count). The van der Waals surface area contributed by atoms with Crippen molar-refractivity contribution in [2.75, 3.05) is 13.2 Å². The van der Waals surface area contributed by atoms with Crippen LogP contribution in [0.5, 0.6) is 11.5 Å². The third kappa shape index (κ3) is 13.8. The maximum Gasteiger partial charge on any atom is 0.306 e. The summed E-state index contributed by atoms with van der Waals surface area (Å²) in [6.45, 7) is 13.7. The highest BCUT2D eigenvalue weighted by molar-refractivity contribution is 5.70. The molecule has 0 amide bonds. The van der Waals surface area contributed by atoms with Crippen LogP contribution in [0.1, 0.15) is 54.9 Å². The third-order valence-corrected chi connectivity index (χ3v) is 4.38. The van der Waals surface area contributed by atoms with E-state index in [0.717, 1.165) is 0 Å². The molecule has 0 atom stereocenters. The zero-order valence-electron chi connectivity index (χ0n) is 22.5. The van der Waals surface area contributed by atoms with Crippen molar-refractivity contribution in [1.82, 2.24) is 0 Å². The number of esters is 1. The minimum Gasteiger partial charge on any atom is -0.493 e. The van der Waals surface area contributed by atoms with E-state index in [4.69, 9.17) is 19.9 Å². The van der Waals surface area contributed by atoms with Crippen LogP contribution in [-0.2, 0) is 9.53 Å². The van der Waals surface area contributed by atoms with Crippen LogP contribution < -0.4 is 15.2 Å². The summed E-state index contributed by atoms with van der Waals surface area (Å²) in [4.78, 5) is 31.9. The van der Waals surface area contributed by atoms with Gasteiger partial charge in [0, 0.05) is 35.2 Å². The second-order valence-electron chi connectivity index (χ2n) is 11.0. The second kappa shape index (κ2) is 13.0. The van der Waals surface area contributed by atoms with Gasteiger partial charge in [0.2, 0.25) is 0 Å². The molecular weight excluding hydrogens is 482 g/mol. The minimum absolute atomic E-state index is 0.0142. The van der Waals surface area contributed by atoms with Crippen molar-refractivity contribution in [3.05, 3.63) is 68.8 Å². The molecule has 0 aliphatic heterocycles. The molecule has 11 nitrogen and oxygen atoms in total. The van der Waals surface area contributed by atoms with Crippen molar-refractivity contribution in [2.24, 2.45) is 11.1 Å². The Hall–Kier alpha value is -3.73. The van der Waals surface area contributed by atoms with Crippen molar-refractivity contribution >= 4 is 17.3 Å². The van der Waals surface area contributed by atoms with Crippen LogP contribution in [0.3, 0.4) is 0 Å². The molecule has 11 heteroatoms. The summed E-state index contributed by atoms with van der Waals surface area (Å²) in [6, 6.07) is 11.8. The number of nitro benzene ring substituents is 2. The third-order valence-electron chi connectivity index (χ3n) is 4.38. The summed E-state index contributed by atoms with van der Waals surface area (Å²) >= 11 is 0. The summed E-state index contributed by atoms with van der Waals surface area (Å²) in [6.07, 6.45) is 0.233. The van der Waals surface area contributed by atoms with Crippen molar-refractivity contribution < 1.29 is 28.9 Å². The SMILES string of the molecule is CC(C)(COc1ccc([N+](=O)[O-])cc1)CC(=O)OC(C)(C)C.CC(C)(N)COc1ccc([N+](=O)[O-])cc1. The molecule has 0 aliphatic rings. The van der Waals surface area contributed by atoms with Crippen LogP contribution in [0.2, 0.25) is 0 Å². The average Bonchev–Trinajstić information content (AvgIpc) is 2.75. The summed E-state index contributed by atoms with van der Waals surface area (Å²) in [5.41, 5.74) is 4.47. The number of nitro groups is 2. The Kier molecular flexibility index (Phi) is 11.0. The topological polar surface area (TPSA) is 157 Å². The highest BCUT2D eigenvalue weighted by Crippen LogP contribution is 2.25. The average molecular weight is 520 g/mol. The van der Waals surface area contributed by atoms with Crippen LogP contribution in [0.25, 0.3) is 0 Å². The molecule has 0 saturated carbocycles. The smallest absolute Gasteiger partial charge is 0.306 e. The van der Waals surface area contributed by atoms with E-state index in [9.17, 15) is 25.0 Å². The summed E-state index contributed by atoms with van der Waals surface area (Å²) < 4.78 is 16.3. The molecule has 0 radical (unpaired) electrons. The van der Waals surface area contributed by atoms with E-state index in [-0.39, 0.29) is 23.8 Å². The first-order valence-corrected chi connectivity index (χ1v) is 11.6. The van der Waals surface area contributed by atoms with Gasteiger partial charge in [-0.2, -0.15) is 0 Å². The van der Waals surface area contributed by atoms with Gasteiger partial charge in [0.25, 0.3) is 11.4 Å². The predicted octanol–water partition coefficient (Wildman–Crippen LogP) is 5.44. The Morgan fingerprint density at radius 1 is 0.757 bits per heavy atom. The number of nitrogens with two attached hydrogens (primary N) is 1. The van der Waals surface area contributed by atoms with Gasteiger partial charge in [0.15, 0.2) is 0 Å². The lowest BCUT2D eigenvalue weighted by Crippen LogP contribution is -2.38. The second-order valence-corrected chi connectivity index (χ2v) is 11.0. The summed E-state index contributed by atoms with van der Waals surface area (Å²) in [5, 5.41) is 21.0. The van der Waals surface area contributed by atoms with Gasteiger partial charge in [-0.25, -0.2) is 0 Å². The fourth-order valence-electron chi connectivity index (χ4n) is 2.70.